The molecule has 2 N–H and O–H groups in total. The predicted molar refractivity (Wildman–Crippen MR) is 115 cm³/mol. The lowest BCUT2D eigenvalue weighted by Crippen LogP contribution is -2.42. The minimum absolute atomic E-state index is 0.0871. The summed E-state index contributed by atoms with van der Waals surface area (Å²) in [6.45, 7) is 15.7. The zero-order valence-corrected chi connectivity index (χ0v) is 18.0. The summed E-state index contributed by atoms with van der Waals surface area (Å²) < 4.78 is 0. The highest BCUT2D eigenvalue weighted by atomic mass is 16.2. The predicted octanol–water partition coefficient (Wildman–Crippen LogP) is 4.05. The molecule has 1 aromatic carbocycles. The van der Waals surface area contributed by atoms with Crippen molar-refractivity contribution in [1.29, 1.82) is 0 Å². The van der Waals surface area contributed by atoms with Crippen LogP contribution in [0.25, 0.3) is 0 Å². The van der Waals surface area contributed by atoms with Gasteiger partial charge in [-0.3, -0.25) is 4.79 Å². The number of nitrogens with one attached hydrogen (secondary N) is 2. The number of aliphatic imine (C=N–C) groups is 1. The first kappa shape index (κ1) is 23.0. The summed E-state index contributed by atoms with van der Waals surface area (Å²) in [5, 5.41) is 6.79. The van der Waals surface area contributed by atoms with E-state index in [0.717, 1.165) is 43.1 Å². The lowest BCUT2D eigenvalue weighted by molar-refractivity contribution is 0.0773. The zero-order chi connectivity index (χ0) is 20.2. The summed E-state index contributed by atoms with van der Waals surface area (Å²) in [5.41, 5.74) is 1.83. The van der Waals surface area contributed by atoms with Crippen LogP contribution in [0.1, 0.15) is 70.3 Å². The van der Waals surface area contributed by atoms with Gasteiger partial charge in [-0.05, 0) is 64.2 Å². The van der Waals surface area contributed by atoms with E-state index in [-0.39, 0.29) is 5.91 Å². The lowest BCUT2D eigenvalue weighted by Gasteiger charge is -2.19. The van der Waals surface area contributed by atoms with Crippen LogP contribution in [-0.2, 0) is 6.54 Å². The summed E-state index contributed by atoms with van der Waals surface area (Å²) in [5.74, 6) is 1.65. The van der Waals surface area contributed by atoms with Gasteiger partial charge >= 0.3 is 0 Å². The molecule has 0 saturated heterocycles. The largest absolute Gasteiger partial charge is 0.357 e. The molecule has 5 heteroatoms. The summed E-state index contributed by atoms with van der Waals surface area (Å²) in [6.07, 6.45) is 2.33. The topological polar surface area (TPSA) is 56.7 Å². The number of rotatable bonds is 10. The van der Waals surface area contributed by atoms with Gasteiger partial charge in [-0.15, -0.1) is 0 Å². The number of amides is 1. The SMILES string of the molecule is CCNC(=NCc1ccc(C(=O)N(CC)CC)cc1)NC(C)CCC(C)C. The monoisotopic (exact) mass is 374 g/mol. The molecule has 0 aliphatic heterocycles. The smallest absolute Gasteiger partial charge is 0.253 e. The average molecular weight is 375 g/mol. The van der Waals surface area contributed by atoms with Crippen LogP contribution in [0.15, 0.2) is 29.3 Å². The Labute approximate surface area is 165 Å². The van der Waals surface area contributed by atoms with Crippen LogP contribution in [0.4, 0.5) is 0 Å². The Morgan fingerprint density at radius 1 is 1.04 bits per heavy atom. The molecule has 0 aliphatic rings. The molecule has 152 valence electrons. The van der Waals surface area contributed by atoms with Gasteiger partial charge in [-0.2, -0.15) is 0 Å². The van der Waals surface area contributed by atoms with E-state index in [1.807, 2.05) is 43.0 Å². The number of benzene rings is 1. The number of hydrogen-bond acceptors (Lipinski definition) is 2. The molecule has 27 heavy (non-hydrogen) atoms. The van der Waals surface area contributed by atoms with Gasteiger partial charge in [0.25, 0.3) is 5.91 Å². The van der Waals surface area contributed by atoms with Crippen molar-refractivity contribution in [2.75, 3.05) is 19.6 Å². The molecule has 1 amide bonds. The number of carbonyl (C=O) groups excluding carboxylic acids is 1. The Hall–Kier alpha value is -2.04. The molecule has 0 saturated carbocycles. The van der Waals surface area contributed by atoms with E-state index in [9.17, 15) is 4.79 Å². The van der Waals surface area contributed by atoms with Crippen LogP contribution in [0.5, 0.6) is 0 Å². The van der Waals surface area contributed by atoms with Crippen molar-refractivity contribution < 1.29 is 4.79 Å². The molecule has 5 nitrogen and oxygen atoms in total. The van der Waals surface area contributed by atoms with Crippen LogP contribution < -0.4 is 10.6 Å². The molecular formula is C22H38N4O. The molecule has 0 aliphatic carbocycles. The Bertz CT molecular complexity index is 576. The van der Waals surface area contributed by atoms with Crippen molar-refractivity contribution in [3.05, 3.63) is 35.4 Å². The van der Waals surface area contributed by atoms with E-state index < -0.39 is 0 Å². The molecular weight excluding hydrogens is 336 g/mol. The van der Waals surface area contributed by atoms with Crippen molar-refractivity contribution in [2.45, 2.75) is 67.0 Å². The highest BCUT2D eigenvalue weighted by Crippen LogP contribution is 2.09. The molecule has 0 aromatic heterocycles. The number of nitrogens with zero attached hydrogens (tertiary/aromatic N) is 2. The third-order valence-electron chi connectivity index (χ3n) is 4.58. The van der Waals surface area contributed by atoms with Crippen molar-refractivity contribution in [3.63, 3.8) is 0 Å². The van der Waals surface area contributed by atoms with E-state index in [2.05, 4.69) is 38.3 Å². The van der Waals surface area contributed by atoms with Crippen LogP contribution in [0.2, 0.25) is 0 Å². The van der Waals surface area contributed by atoms with Gasteiger partial charge in [-0.25, -0.2) is 4.99 Å². The Kier molecular flexibility index (Phi) is 10.5. The fourth-order valence-electron chi connectivity index (χ4n) is 2.83. The van der Waals surface area contributed by atoms with Crippen LogP contribution in [0.3, 0.4) is 0 Å². The van der Waals surface area contributed by atoms with Gasteiger partial charge in [-0.1, -0.05) is 26.0 Å². The molecule has 1 atom stereocenters. The van der Waals surface area contributed by atoms with E-state index >= 15 is 0 Å². The Balaban J connectivity index is 2.69. The summed E-state index contributed by atoms with van der Waals surface area (Å²) >= 11 is 0. The first-order valence-electron chi connectivity index (χ1n) is 10.3. The average Bonchev–Trinajstić information content (AvgIpc) is 2.66. The van der Waals surface area contributed by atoms with Crippen molar-refractivity contribution in [2.24, 2.45) is 10.9 Å². The van der Waals surface area contributed by atoms with Crippen LogP contribution in [0, 0.1) is 5.92 Å². The molecule has 0 spiro atoms. The van der Waals surface area contributed by atoms with E-state index in [1.165, 1.54) is 6.42 Å². The maximum Gasteiger partial charge on any atom is 0.253 e. The second kappa shape index (κ2) is 12.4. The summed E-state index contributed by atoms with van der Waals surface area (Å²) in [7, 11) is 0. The molecule has 1 rings (SSSR count). The van der Waals surface area contributed by atoms with Crippen molar-refractivity contribution in [3.8, 4) is 0 Å². The van der Waals surface area contributed by atoms with Crippen molar-refractivity contribution >= 4 is 11.9 Å². The third kappa shape index (κ3) is 8.46. The molecule has 0 heterocycles. The molecule has 1 unspecified atom stereocenters. The third-order valence-corrected chi connectivity index (χ3v) is 4.58. The standard InChI is InChI=1S/C22H38N4O/c1-7-23-22(25-18(6)11-10-17(4)5)24-16-19-12-14-20(15-13-19)21(27)26(8-2)9-3/h12-15,17-18H,7-11,16H2,1-6H3,(H2,23,24,25). The first-order chi connectivity index (χ1) is 12.9. The second-order valence-corrected chi connectivity index (χ2v) is 7.39. The minimum atomic E-state index is 0.0871. The van der Waals surface area contributed by atoms with Gasteiger partial charge in [0.15, 0.2) is 5.96 Å². The normalized spacial score (nSPS) is 12.8. The Morgan fingerprint density at radius 2 is 1.67 bits per heavy atom. The van der Waals surface area contributed by atoms with E-state index in [4.69, 9.17) is 4.99 Å². The van der Waals surface area contributed by atoms with Gasteiger partial charge in [0.05, 0.1) is 6.54 Å². The molecule has 1 aromatic rings. The molecule has 0 bridgehead atoms. The van der Waals surface area contributed by atoms with Gasteiger partial charge < -0.3 is 15.5 Å². The number of carbonyl (C=O) groups is 1. The second-order valence-electron chi connectivity index (χ2n) is 7.39. The fraction of sp³-hybridized carbons (Fsp3) is 0.636. The van der Waals surface area contributed by atoms with Crippen LogP contribution >= 0.6 is 0 Å². The quantitative estimate of drug-likeness (QED) is 0.480. The Morgan fingerprint density at radius 3 is 2.19 bits per heavy atom. The van der Waals surface area contributed by atoms with Crippen molar-refractivity contribution in [1.82, 2.24) is 15.5 Å². The highest BCUT2D eigenvalue weighted by molar-refractivity contribution is 5.94. The highest BCUT2D eigenvalue weighted by Gasteiger charge is 2.12. The minimum Gasteiger partial charge on any atom is -0.357 e. The van der Waals surface area contributed by atoms with Gasteiger partial charge in [0, 0.05) is 31.2 Å². The molecule has 0 fully saturated rings. The maximum atomic E-state index is 12.4. The van der Waals surface area contributed by atoms with E-state index in [1.54, 1.807) is 0 Å². The maximum absolute atomic E-state index is 12.4. The first-order valence-corrected chi connectivity index (χ1v) is 10.3. The lowest BCUT2D eigenvalue weighted by atomic mass is 10.0. The zero-order valence-electron chi connectivity index (χ0n) is 18.0. The van der Waals surface area contributed by atoms with E-state index in [0.29, 0.717) is 18.5 Å². The van der Waals surface area contributed by atoms with Gasteiger partial charge in [0.2, 0.25) is 0 Å². The van der Waals surface area contributed by atoms with Crippen LogP contribution in [-0.4, -0.2) is 42.4 Å². The number of guanidine groups is 1. The summed E-state index contributed by atoms with van der Waals surface area (Å²) in [6, 6.07) is 8.17. The van der Waals surface area contributed by atoms with Gasteiger partial charge in [0.1, 0.15) is 0 Å². The summed E-state index contributed by atoms with van der Waals surface area (Å²) in [4.78, 5) is 18.9. The molecule has 0 radical (unpaired) electrons. The fourth-order valence-corrected chi connectivity index (χ4v) is 2.83. The number of hydrogen-bond donors (Lipinski definition) is 2.